The predicted octanol–water partition coefficient (Wildman–Crippen LogP) is 1.36. The first-order valence-corrected chi connectivity index (χ1v) is 11.9. The van der Waals surface area contributed by atoms with Crippen molar-refractivity contribution < 1.29 is 13.2 Å². The van der Waals surface area contributed by atoms with Crippen LogP contribution in [0.25, 0.3) is 10.9 Å². The monoisotopic (exact) mass is 455 g/mol. The number of aromatic nitrogens is 2. The molecule has 1 aromatic heterocycles. The molecule has 1 fully saturated rings. The van der Waals surface area contributed by atoms with Crippen molar-refractivity contribution in [2.24, 2.45) is 0 Å². The third-order valence-corrected chi connectivity index (χ3v) is 7.51. The minimum absolute atomic E-state index is 0.190. The molecule has 0 unspecified atom stereocenters. The molecule has 1 N–H and O–H groups in total. The Hall–Kier alpha value is -3.08. The van der Waals surface area contributed by atoms with Crippen LogP contribution < -0.4 is 10.9 Å². The van der Waals surface area contributed by atoms with E-state index in [1.54, 1.807) is 36.4 Å². The standard InChI is InChI=1S/C22H25N5O4S/c1-2-25-11-13-27(14-12-25)32(30,31)18-9-7-17(8-10-18)24-21(28)15-26-16-23-20-6-4-3-5-19(20)22(26)29/h3-10,16H,2,11-15H2,1H3,(H,24,28). The number of nitrogens with zero attached hydrogens (tertiary/aromatic N) is 4. The number of amides is 1. The van der Waals surface area contributed by atoms with Crippen LogP contribution in [0.15, 0.2) is 64.5 Å². The normalized spacial score (nSPS) is 15.7. The lowest BCUT2D eigenvalue weighted by Gasteiger charge is -2.33. The van der Waals surface area contributed by atoms with Crippen LogP contribution in [0.3, 0.4) is 0 Å². The zero-order valence-corrected chi connectivity index (χ0v) is 18.6. The molecule has 0 saturated carbocycles. The number of carbonyl (C=O) groups is 1. The molecule has 0 bridgehead atoms. The molecule has 10 heteroatoms. The SMILES string of the molecule is CCN1CCN(S(=O)(=O)c2ccc(NC(=O)Cn3cnc4ccccc4c3=O)cc2)CC1. The molecule has 1 aliphatic heterocycles. The van der Waals surface area contributed by atoms with E-state index in [4.69, 9.17) is 0 Å². The smallest absolute Gasteiger partial charge is 0.261 e. The predicted molar refractivity (Wildman–Crippen MR) is 122 cm³/mol. The minimum atomic E-state index is -3.57. The summed E-state index contributed by atoms with van der Waals surface area (Å²) in [5.41, 5.74) is 0.726. The molecule has 2 heterocycles. The lowest BCUT2D eigenvalue weighted by atomic mass is 10.2. The van der Waals surface area contributed by atoms with E-state index in [0.717, 1.165) is 6.54 Å². The summed E-state index contributed by atoms with van der Waals surface area (Å²) in [5, 5.41) is 3.14. The topological polar surface area (TPSA) is 105 Å². The maximum absolute atomic E-state index is 12.9. The lowest BCUT2D eigenvalue weighted by Crippen LogP contribution is -2.48. The first-order valence-electron chi connectivity index (χ1n) is 10.4. The second-order valence-corrected chi connectivity index (χ2v) is 9.54. The fraction of sp³-hybridized carbons (Fsp3) is 0.318. The van der Waals surface area contributed by atoms with Gasteiger partial charge in [0, 0.05) is 31.9 Å². The van der Waals surface area contributed by atoms with E-state index in [1.807, 2.05) is 0 Å². The quantitative estimate of drug-likeness (QED) is 0.602. The zero-order chi connectivity index (χ0) is 22.7. The van der Waals surface area contributed by atoms with Gasteiger partial charge in [-0.3, -0.25) is 14.2 Å². The molecule has 32 heavy (non-hydrogen) atoms. The number of sulfonamides is 1. The van der Waals surface area contributed by atoms with Gasteiger partial charge in [0.05, 0.1) is 22.1 Å². The molecular formula is C22H25N5O4S. The van der Waals surface area contributed by atoms with Gasteiger partial charge >= 0.3 is 0 Å². The largest absolute Gasteiger partial charge is 0.325 e. The minimum Gasteiger partial charge on any atom is -0.325 e. The van der Waals surface area contributed by atoms with E-state index in [2.05, 4.69) is 22.1 Å². The van der Waals surface area contributed by atoms with Gasteiger partial charge in [-0.15, -0.1) is 0 Å². The first-order chi connectivity index (χ1) is 15.4. The van der Waals surface area contributed by atoms with Gasteiger partial charge in [-0.1, -0.05) is 19.1 Å². The molecule has 168 valence electrons. The Morgan fingerprint density at radius 3 is 2.41 bits per heavy atom. The number of hydrogen-bond donors (Lipinski definition) is 1. The molecule has 0 radical (unpaired) electrons. The van der Waals surface area contributed by atoms with Crippen LogP contribution >= 0.6 is 0 Å². The summed E-state index contributed by atoms with van der Waals surface area (Å²) in [7, 11) is -3.57. The number of carbonyl (C=O) groups excluding carboxylic acids is 1. The first kappa shape index (κ1) is 22.1. The van der Waals surface area contributed by atoms with E-state index in [-0.39, 0.29) is 17.0 Å². The van der Waals surface area contributed by atoms with Crippen molar-refractivity contribution in [1.82, 2.24) is 18.8 Å². The van der Waals surface area contributed by atoms with Gasteiger partial charge in [-0.2, -0.15) is 4.31 Å². The molecule has 1 amide bonds. The number of rotatable bonds is 6. The molecular weight excluding hydrogens is 430 g/mol. The molecule has 0 atom stereocenters. The van der Waals surface area contributed by atoms with Crippen LogP contribution in [0.1, 0.15) is 6.92 Å². The number of fused-ring (bicyclic) bond motifs is 1. The van der Waals surface area contributed by atoms with Crippen molar-refractivity contribution in [2.45, 2.75) is 18.4 Å². The summed E-state index contributed by atoms with van der Waals surface area (Å²) in [6, 6.07) is 13.0. The van der Waals surface area contributed by atoms with Crippen molar-refractivity contribution in [3.63, 3.8) is 0 Å². The fourth-order valence-electron chi connectivity index (χ4n) is 3.72. The average Bonchev–Trinajstić information content (AvgIpc) is 2.81. The van der Waals surface area contributed by atoms with E-state index >= 15 is 0 Å². The van der Waals surface area contributed by atoms with Crippen LogP contribution in [-0.4, -0.2) is 65.8 Å². The number of benzene rings is 2. The average molecular weight is 456 g/mol. The highest BCUT2D eigenvalue weighted by atomic mass is 32.2. The molecule has 4 rings (SSSR count). The van der Waals surface area contributed by atoms with Crippen molar-refractivity contribution in [3.8, 4) is 0 Å². The summed E-state index contributed by atoms with van der Waals surface area (Å²) in [6.07, 6.45) is 1.35. The second kappa shape index (κ2) is 9.19. The Morgan fingerprint density at radius 1 is 1.03 bits per heavy atom. The van der Waals surface area contributed by atoms with Gasteiger partial charge in [0.15, 0.2) is 0 Å². The van der Waals surface area contributed by atoms with Gasteiger partial charge in [0.1, 0.15) is 6.54 Å². The maximum atomic E-state index is 12.9. The van der Waals surface area contributed by atoms with Gasteiger partial charge in [0.2, 0.25) is 15.9 Å². The van der Waals surface area contributed by atoms with Crippen LogP contribution in [0.4, 0.5) is 5.69 Å². The highest BCUT2D eigenvalue weighted by Crippen LogP contribution is 2.20. The summed E-state index contributed by atoms with van der Waals surface area (Å²) >= 11 is 0. The highest BCUT2D eigenvalue weighted by molar-refractivity contribution is 7.89. The second-order valence-electron chi connectivity index (χ2n) is 7.61. The number of likely N-dealkylation sites (N-methyl/N-ethyl adjacent to an activating group) is 1. The summed E-state index contributed by atoms with van der Waals surface area (Å²) in [6.45, 7) is 5.12. The molecule has 0 spiro atoms. The van der Waals surface area contributed by atoms with E-state index < -0.39 is 15.9 Å². The Kier molecular flexibility index (Phi) is 6.35. The summed E-state index contributed by atoms with van der Waals surface area (Å²) < 4.78 is 28.5. The fourth-order valence-corrected chi connectivity index (χ4v) is 5.14. The van der Waals surface area contributed by atoms with Crippen LogP contribution in [0, 0.1) is 0 Å². The molecule has 0 aliphatic carbocycles. The number of hydrogen-bond acceptors (Lipinski definition) is 6. The molecule has 1 aliphatic rings. The van der Waals surface area contributed by atoms with Crippen molar-refractivity contribution in [1.29, 1.82) is 0 Å². The van der Waals surface area contributed by atoms with E-state index in [1.165, 1.54) is 27.3 Å². The number of nitrogens with one attached hydrogen (secondary N) is 1. The Labute approximate surface area is 186 Å². The van der Waals surface area contributed by atoms with Gasteiger partial charge in [-0.25, -0.2) is 13.4 Å². The lowest BCUT2D eigenvalue weighted by molar-refractivity contribution is -0.116. The van der Waals surface area contributed by atoms with Gasteiger partial charge in [-0.05, 0) is 42.9 Å². The molecule has 2 aromatic carbocycles. The summed E-state index contributed by atoms with van der Waals surface area (Å²) in [4.78, 5) is 31.6. The van der Waals surface area contributed by atoms with Crippen LogP contribution in [0.2, 0.25) is 0 Å². The van der Waals surface area contributed by atoms with Crippen molar-refractivity contribution >= 4 is 32.5 Å². The molecule has 3 aromatic rings. The van der Waals surface area contributed by atoms with Crippen molar-refractivity contribution in [2.75, 3.05) is 38.0 Å². The summed E-state index contributed by atoms with van der Waals surface area (Å²) in [5.74, 6) is -0.407. The Balaban J connectivity index is 1.42. The zero-order valence-electron chi connectivity index (χ0n) is 17.8. The molecule has 9 nitrogen and oxygen atoms in total. The van der Waals surface area contributed by atoms with E-state index in [9.17, 15) is 18.0 Å². The Morgan fingerprint density at radius 2 is 1.72 bits per heavy atom. The Bertz CT molecular complexity index is 1280. The number of para-hydroxylation sites is 1. The highest BCUT2D eigenvalue weighted by Gasteiger charge is 2.27. The van der Waals surface area contributed by atoms with Crippen LogP contribution in [0.5, 0.6) is 0 Å². The maximum Gasteiger partial charge on any atom is 0.261 e. The number of anilines is 1. The van der Waals surface area contributed by atoms with Gasteiger partial charge < -0.3 is 10.2 Å². The van der Waals surface area contributed by atoms with Crippen molar-refractivity contribution in [3.05, 3.63) is 65.2 Å². The third-order valence-electron chi connectivity index (χ3n) is 5.60. The molecule has 1 saturated heterocycles. The third kappa shape index (κ3) is 4.57. The van der Waals surface area contributed by atoms with E-state index in [0.29, 0.717) is 42.8 Å². The number of piperazine rings is 1. The van der Waals surface area contributed by atoms with Gasteiger partial charge in [0.25, 0.3) is 5.56 Å². The van der Waals surface area contributed by atoms with Crippen LogP contribution in [-0.2, 0) is 21.4 Å².